The minimum atomic E-state index is -0.585. The molecule has 1 aromatic rings. The van der Waals surface area contributed by atoms with Crippen LogP contribution in [0.15, 0.2) is 12.1 Å². The van der Waals surface area contributed by atoms with E-state index in [1.807, 2.05) is 0 Å². The Morgan fingerprint density at radius 2 is 2.15 bits per heavy atom. The zero-order valence-corrected chi connectivity index (χ0v) is 7.54. The Kier molecular flexibility index (Phi) is 2.63. The Morgan fingerprint density at radius 3 is 2.62 bits per heavy atom. The molecule has 0 aliphatic carbocycles. The second kappa shape index (κ2) is 3.53. The van der Waals surface area contributed by atoms with Gasteiger partial charge >= 0.3 is 0 Å². The molecule has 0 saturated carbocycles. The summed E-state index contributed by atoms with van der Waals surface area (Å²) in [4.78, 5) is 20.3. The van der Waals surface area contributed by atoms with Crippen LogP contribution in [-0.2, 0) is 0 Å². The van der Waals surface area contributed by atoms with E-state index in [4.69, 9.17) is 11.6 Å². The maximum atomic E-state index is 10.5. The van der Waals surface area contributed by atoms with Gasteiger partial charge in [-0.3, -0.25) is 14.9 Å². The number of nitro groups is 1. The van der Waals surface area contributed by atoms with Crippen LogP contribution in [0.4, 0.5) is 5.69 Å². The van der Waals surface area contributed by atoms with E-state index in [1.165, 1.54) is 12.1 Å². The zero-order valence-electron chi connectivity index (χ0n) is 6.78. The van der Waals surface area contributed by atoms with Gasteiger partial charge in [-0.2, -0.15) is 0 Å². The van der Waals surface area contributed by atoms with Gasteiger partial charge in [-0.05, 0) is 12.5 Å². The quantitative estimate of drug-likeness (QED) is 0.417. The Labute approximate surface area is 79.3 Å². The molecule has 0 heterocycles. The number of halogens is 1. The molecule has 0 atom stereocenters. The molecule has 0 aromatic heterocycles. The van der Waals surface area contributed by atoms with Gasteiger partial charge in [0.05, 0.1) is 9.95 Å². The first-order valence-electron chi connectivity index (χ1n) is 3.46. The van der Waals surface area contributed by atoms with E-state index in [2.05, 4.69) is 0 Å². The number of hydrogen-bond acceptors (Lipinski definition) is 3. The van der Waals surface area contributed by atoms with Crippen molar-refractivity contribution in [2.45, 2.75) is 6.92 Å². The standard InChI is InChI=1S/C8H6ClNO3/c1-5-6(4-11)2-7(10(12)13)3-8(5)9/h2-4H,1H3. The van der Waals surface area contributed by atoms with Crippen molar-refractivity contribution in [3.8, 4) is 0 Å². The van der Waals surface area contributed by atoms with Gasteiger partial charge in [0.1, 0.15) is 0 Å². The van der Waals surface area contributed by atoms with E-state index >= 15 is 0 Å². The maximum absolute atomic E-state index is 10.5. The lowest BCUT2D eigenvalue weighted by molar-refractivity contribution is -0.384. The molecule has 13 heavy (non-hydrogen) atoms. The van der Waals surface area contributed by atoms with E-state index in [1.54, 1.807) is 6.92 Å². The van der Waals surface area contributed by atoms with Crippen LogP contribution in [0.2, 0.25) is 5.02 Å². The first-order valence-corrected chi connectivity index (χ1v) is 3.83. The first kappa shape index (κ1) is 9.67. The van der Waals surface area contributed by atoms with Crippen molar-refractivity contribution in [1.82, 2.24) is 0 Å². The average molecular weight is 200 g/mol. The number of hydrogen-bond donors (Lipinski definition) is 0. The van der Waals surface area contributed by atoms with Crippen LogP contribution in [0.1, 0.15) is 15.9 Å². The van der Waals surface area contributed by atoms with Crippen LogP contribution < -0.4 is 0 Å². The summed E-state index contributed by atoms with van der Waals surface area (Å²) in [7, 11) is 0. The van der Waals surface area contributed by atoms with Gasteiger partial charge < -0.3 is 0 Å². The largest absolute Gasteiger partial charge is 0.298 e. The lowest BCUT2D eigenvalue weighted by atomic mass is 10.1. The van der Waals surface area contributed by atoms with Crippen LogP contribution in [0.5, 0.6) is 0 Å². The summed E-state index contributed by atoms with van der Waals surface area (Å²) in [6.45, 7) is 1.63. The fourth-order valence-corrected chi connectivity index (χ4v) is 1.13. The summed E-state index contributed by atoms with van der Waals surface area (Å²) in [5, 5.41) is 10.6. The minimum absolute atomic E-state index is 0.169. The average Bonchev–Trinajstić information content (AvgIpc) is 2.09. The van der Waals surface area contributed by atoms with Gasteiger partial charge in [0, 0.05) is 17.7 Å². The van der Waals surface area contributed by atoms with Gasteiger partial charge in [-0.25, -0.2) is 0 Å². The predicted octanol–water partition coefficient (Wildman–Crippen LogP) is 2.37. The third kappa shape index (κ3) is 1.84. The molecule has 0 radical (unpaired) electrons. The Hall–Kier alpha value is -1.42. The molecule has 0 saturated heterocycles. The van der Waals surface area contributed by atoms with E-state index < -0.39 is 4.92 Å². The summed E-state index contributed by atoms with van der Waals surface area (Å²) >= 11 is 5.68. The number of carbonyl (C=O) groups excluding carboxylic acids is 1. The third-order valence-corrected chi connectivity index (χ3v) is 2.10. The van der Waals surface area contributed by atoms with Gasteiger partial charge in [0.15, 0.2) is 6.29 Å². The molecule has 1 rings (SSSR count). The predicted molar refractivity (Wildman–Crippen MR) is 48.2 cm³/mol. The molecule has 0 unspecified atom stereocenters. The molecule has 1 aromatic carbocycles. The number of benzene rings is 1. The smallest absolute Gasteiger partial charge is 0.271 e. The molecular formula is C8H6ClNO3. The summed E-state index contributed by atoms with van der Waals surface area (Å²) < 4.78 is 0. The highest BCUT2D eigenvalue weighted by Crippen LogP contribution is 2.24. The molecule has 0 spiro atoms. The number of aldehydes is 1. The van der Waals surface area contributed by atoms with Crippen molar-refractivity contribution in [3.05, 3.63) is 38.4 Å². The molecular weight excluding hydrogens is 194 g/mol. The van der Waals surface area contributed by atoms with Gasteiger partial charge in [0.25, 0.3) is 5.69 Å². The minimum Gasteiger partial charge on any atom is -0.298 e. The van der Waals surface area contributed by atoms with Crippen LogP contribution in [0.3, 0.4) is 0 Å². The Balaban J connectivity index is 3.38. The highest BCUT2D eigenvalue weighted by atomic mass is 35.5. The fourth-order valence-electron chi connectivity index (χ4n) is 0.913. The summed E-state index contributed by atoms with van der Waals surface area (Å²) in [5.74, 6) is 0. The number of non-ortho nitro benzene ring substituents is 1. The lowest BCUT2D eigenvalue weighted by Gasteiger charge is -2.00. The summed E-state index contributed by atoms with van der Waals surface area (Å²) in [5.41, 5.74) is 0.638. The second-order valence-electron chi connectivity index (χ2n) is 2.52. The lowest BCUT2D eigenvalue weighted by Crippen LogP contribution is -1.93. The molecule has 0 bridgehead atoms. The monoisotopic (exact) mass is 199 g/mol. The van der Waals surface area contributed by atoms with Gasteiger partial charge in [-0.15, -0.1) is 0 Å². The zero-order chi connectivity index (χ0) is 10.0. The number of rotatable bonds is 2. The molecule has 0 fully saturated rings. The van der Waals surface area contributed by atoms with Crippen molar-refractivity contribution in [1.29, 1.82) is 0 Å². The van der Waals surface area contributed by atoms with Crippen molar-refractivity contribution < 1.29 is 9.72 Å². The third-order valence-electron chi connectivity index (χ3n) is 1.71. The number of carbonyl (C=O) groups is 1. The van der Waals surface area contributed by atoms with Crippen molar-refractivity contribution in [3.63, 3.8) is 0 Å². The number of nitrogens with zero attached hydrogens (tertiary/aromatic N) is 1. The van der Waals surface area contributed by atoms with E-state index in [0.717, 1.165) is 0 Å². The van der Waals surface area contributed by atoms with E-state index in [9.17, 15) is 14.9 Å². The first-order chi connectivity index (χ1) is 6.06. The number of nitro benzene ring substituents is 1. The SMILES string of the molecule is Cc1c(Cl)cc([N+](=O)[O-])cc1C=O. The Bertz CT molecular complexity index is 376. The van der Waals surface area contributed by atoms with Gasteiger partial charge in [0.2, 0.25) is 0 Å². The molecule has 68 valence electrons. The second-order valence-corrected chi connectivity index (χ2v) is 2.92. The van der Waals surface area contributed by atoms with Gasteiger partial charge in [-0.1, -0.05) is 11.6 Å². The van der Waals surface area contributed by atoms with Crippen LogP contribution >= 0.6 is 11.6 Å². The van der Waals surface area contributed by atoms with E-state index in [-0.39, 0.29) is 16.3 Å². The maximum Gasteiger partial charge on any atom is 0.271 e. The highest BCUT2D eigenvalue weighted by molar-refractivity contribution is 6.31. The molecule has 0 aliphatic rings. The normalized spacial score (nSPS) is 9.69. The highest BCUT2D eigenvalue weighted by Gasteiger charge is 2.11. The van der Waals surface area contributed by atoms with Crippen molar-refractivity contribution in [2.24, 2.45) is 0 Å². The van der Waals surface area contributed by atoms with Crippen LogP contribution in [0.25, 0.3) is 0 Å². The van der Waals surface area contributed by atoms with Crippen LogP contribution in [0, 0.1) is 17.0 Å². The summed E-state index contributed by atoms with van der Waals surface area (Å²) in [6, 6.07) is 2.43. The van der Waals surface area contributed by atoms with Crippen molar-refractivity contribution >= 4 is 23.6 Å². The topological polar surface area (TPSA) is 60.2 Å². The Morgan fingerprint density at radius 1 is 1.54 bits per heavy atom. The van der Waals surface area contributed by atoms with Crippen LogP contribution in [-0.4, -0.2) is 11.2 Å². The van der Waals surface area contributed by atoms with Crippen molar-refractivity contribution in [2.75, 3.05) is 0 Å². The molecule has 0 aliphatic heterocycles. The molecule has 0 amide bonds. The fraction of sp³-hybridized carbons (Fsp3) is 0.125. The van der Waals surface area contributed by atoms with E-state index in [0.29, 0.717) is 11.8 Å². The molecule has 4 nitrogen and oxygen atoms in total. The summed E-state index contributed by atoms with van der Waals surface area (Å²) in [6.07, 6.45) is 0.550. The molecule has 0 N–H and O–H groups in total. The molecule has 5 heteroatoms.